The highest BCUT2D eigenvalue weighted by atomic mass is 16.5. The minimum atomic E-state index is -0.00509. The number of aryl methyl sites for hydroxylation is 1. The van der Waals surface area contributed by atoms with E-state index >= 15 is 0 Å². The maximum absolute atomic E-state index is 12.6. The first-order valence-electron chi connectivity index (χ1n) is 28.3. The van der Waals surface area contributed by atoms with E-state index in [2.05, 4.69) is 137 Å². The lowest BCUT2D eigenvalue weighted by atomic mass is 10.0. The highest BCUT2D eigenvalue weighted by Gasteiger charge is 2.21. The van der Waals surface area contributed by atoms with Crippen LogP contribution >= 0.6 is 0 Å². The summed E-state index contributed by atoms with van der Waals surface area (Å²) in [4.78, 5) is 74.5. The number of amides is 4. The van der Waals surface area contributed by atoms with E-state index in [4.69, 9.17) is 4.74 Å². The van der Waals surface area contributed by atoms with Gasteiger partial charge in [-0.3, -0.25) is 29.1 Å². The van der Waals surface area contributed by atoms with Crippen molar-refractivity contribution in [1.29, 1.82) is 0 Å². The summed E-state index contributed by atoms with van der Waals surface area (Å²) >= 11 is 0. The summed E-state index contributed by atoms with van der Waals surface area (Å²) in [6, 6.07) is 13.7. The van der Waals surface area contributed by atoms with Gasteiger partial charge in [-0.15, -0.1) is 0 Å². The summed E-state index contributed by atoms with van der Waals surface area (Å²) in [5, 5.41) is 0. The Morgan fingerprint density at radius 1 is 0.440 bits per heavy atom. The van der Waals surface area contributed by atoms with Crippen LogP contribution in [-0.4, -0.2) is 123 Å². The molecule has 0 saturated heterocycles. The Bertz CT molecular complexity index is 2180. The Balaban J connectivity index is 0.000000500. The molecule has 0 fully saturated rings. The van der Waals surface area contributed by atoms with Crippen LogP contribution in [0.5, 0.6) is 5.88 Å². The van der Waals surface area contributed by atoms with Gasteiger partial charge in [0, 0.05) is 82.7 Å². The molecule has 0 unspecified atom stereocenters. The molecular formula is C62H100N8O5. The van der Waals surface area contributed by atoms with Gasteiger partial charge in [0.1, 0.15) is 17.1 Å². The number of aromatic nitrogens is 4. The summed E-state index contributed by atoms with van der Waals surface area (Å²) in [5.41, 5.74) is 7.82. The Kier molecular flexibility index (Phi) is 33.3. The van der Waals surface area contributed by atoms with Crippen LogP contribution in [0.1, 0.15) is 256 Å². The van der Waals surface area contributed by atoms with Crippen molar-refractivity contribution >= 4 is 23.6 Å². The van der Waals surface area contributed by atoms with E-state index in [1.54, 1.807) is 19.5 Å². The molecule has 0 radical (unpaired) electrons. The minimum absolute atomic E-state index is 0.00509. The summed E-state index contributed by atoms with van der Waals surface area (Å²) in [5.74, 6) is 2.30. The molecule has 0 aliphatic rings. The van der Waals surface area contributed by atoms with Gasteiger partial charge >= 0.3 is 0 Å². The molecule has 4 amide bonds. The average Bonchev–Trinajstić information content (AvgIpc) is 3.40. The van der Waals surface area contributed by atoms with Crippen LogP contribution < -0.4 is 4.74 Å². The van der Waals surface area contributed by atoms with Crippen molar-refractivity contribution < 1.29 is 23.9 Å². The number of hydrogen-bond donors (Lipinski definition) is 0. The largest absolute Gasteiger partial charge is 0.481 e. The monoisotopic (exact) mass is 1040 g/mol. The predicted octanol–water partition coefficient (Wildman–Crippen LogP) is 14.2. The molecular weight excluding hydrogens is 937 g/mol. The van der Waals surface area contributed by atoms with Crippen molar-refractivity contribution in [3.05, 3.63) is 112 Å². The molecule has 0 atom stereocenters. The van der Waals surface area contributed by atoms with Crippen LogP contribution in [0.3, 0.4) is 0 Å². The van der Waals surface area contributed by atoms with Crippen LogP contribution in [0.4, 0.5) is 0 Å². The lowest BCUT2D eigenvalue weighted by Gasteiger charge is -2.21. The summed E-state index contributed by atoms with van der Waals surface area (Å²) in [6.45, 7) is 42.0. The molecule has 0 aliphatic carbocycles. The van der Waals surface area contributed by atoms with Crippen molar-refractivity contribution in [2.75, 3.05) is 59.5 Å². The van der Waals surface area contributed by atoms with Gasteiger partial charge in [0.15, 0.2) is 0 Å². The van der Waals surface area contributed by atoms with Crippen LogP contribution in [0, 0.1) is 6.92 Å². The molecule has 13 heteroatoms. The van der Waals surface area contributed by atoms with Crippen LogP contribution in [0.2, 0.25) is 0 Å². The third-order valence-electron chi connectivity index (χ3n) is 12.2. The van der Waals surface area contributed by atoms with Crippen LogP contribution in [0.25, 0.3) is 0 Å². The van der Waals surface area contributed by atoms with Gasteiger partial charge in [-0.05, 0) is 141 Å². The Morgan fingerprint density at radius 2 is 0.800 bits per heavy atom. The molecule has 0 bridgehead atoms. The molecule has 4 heterocycles. The van der Waals surface area contributed by atoms with Gasteiger partial charge in [0.25, 0.3) is 23.6 Å². The number of methoxy groups -OCH3 is 1. The first-order valence-corrected chi connectivity index (χ1v) is 28.3. The maximum Gasteiger partial charge on any atom is 0.272 e. The number of carbonyl (C=O) groups excluding carboxylic acids is 4. The molecule has 0 aliphatic heterocycles. The summed E-state index contributed by atoms with van der Waals surface area (Å²) < 4.78 is 5.21. The van der Waals surface area contributed by atoms with Crippen LogP contribution in [-0.2, 0) is 0 Å². The molecule has 418 valence electrons. The van der Waals surface area contributed by atoms with E-state index in [0.29, 0.717) is 52.2 Å². The van der Waals surface area contributed by atoms with Gasteiger partial charge < -0.3 is 24.3 Å². The average molecular weight is 1040 g/mol. The lowest BCUT2D eigenvalue weighted by Crippen LogP contribution is -2.33. The fourth-order valence-corrected chi connectivity index (χ4v) is 8.11. The zero-order chi connectivity index (χ0) is 56.6. The van der Waals surface area contributed by atoms with Crippen molar-refractivity contribution in [3.63, 3.8) is 0 Å². The molecule has 4 aromatic rings. The fourth-order valence-electron chi connectivity index (χ4n) is 8.11. The summed E-state index contributed by atoms with van der Waals surface area (Å²) in [6.07, 6.45) is 13.1. The second kappa shape index (κ2) is 37.1. The Labute approximate surface area is 455 Å². The Morgan fingerprint density at radius 3 is 1.19 bits per heavy atom. The smallest absolute Gasteiger partial charge is 0.272 e. The van der Waals surface area contributed by atoms with Crippen molar-refractivity contribution in [2.45, 2.75) is 193 Å². The number of rotatable bonds is 25. The fraction of sp³-hybridized carbons (Fsp3) is 0.613. The molecule has 13 nitrogen and oxygen atoms in total. The van der Waals surface area contributed by atoms with E-state index in [1.807, 2.05) is 69.1 Å². The van der Waals surface area contributed by atoms with Crippen molar-refractivity contribution in [1.82, 2.24) is 39.5 Å². The number of nitrogens with zero attached hydrogens (tertiary/aromatic N) is 8. The van der Waals surface area contributed by atoms with E-state index in [1.165, 1.54) is 11.1 Å². The minimum Gasteiger partial charge on any atom is -0.481 e. The number of pyridine rings is 4. The zero-order valence-electron chi connectivity index (χ0n) is 50.0. The van der Waals surface area contributed by atoms with E-state index < -0.39 is 0 Å². The van der Waals surface area contributed by atoms with Crippen molar-refractivity contribution in [2.24, 2.45) is 0 Å². The van der Waals surface area contributed by atoms with E-state index in [9.17, 15) is 19.2 Å². The maximum atomic E-state index is 12.6. The molecule has 0 saturated carbocycles. The lowest BCUT2D eigenvalue weighted by molar-refractivity contribution is 0.0741. The molecule has 0 N–H and O–H groups in total. The number of carbonyl (C=O) groups is 4. The van der Waals surface area contributed by atoms with Gasteiger partial charge in [-0.2, -0.15) is 0 Å². The standard InChI is InChI=1S/C16H26N2O2.C16H26N2O.2C15H24N2O/c1-6-8-18(9-7-2)16(19)14-10-13(12(3)4)11-15(17-14)20-5;1-6-8-18(9-7-2)16(19)15-11-14(12(3)4)10-13(5)17-15;1-5-9-17(10-6-2)15(18)14-11-13(12(3)4)7-8-16-14;1-5-7-17(8-6-2)15(18)14-9-13(12(3)4)10-16-11-14/h10-12H,6-9H2,1-5H3;10-12H,6-9H2,1-5H3;7-8,11-12H,5-6,9-10H2,1-4H3;9-12H,5-8H2,1-4H3. The first kappa shape index (κ1) is 67.3. The second-order valence-electron chi connectivity index (χ2n) is 20.5. The van der Waals surface area contributed by atoms with Gasteiger partial charge in [0.2, 0.25) is 5.88 Å². The molecule has 4 rings (SSSR count). The van der Waals surface area contributed by atoms with E-state index in [-0.39, 0.29) is 23.6 Å². The predicted molar refractivity (Wildman–Crippen MR) is 311 cm³/mol. The third kappa shape index (κ3) is 23.8. The quantitative estimate of drug-likeness (QED) is 0.0634. The zero-order valence-corrected chi connectivity index (χ0v) is 50.0. The molecule has 75 heavy (non-hydrogen) atoms. The third-order valence-corrected chi connectivity index (χ3v) is 12.2. The SMILES string of the molecule is CCCN(CCC)C(=O)c1cc(C(C)C)cc(C)n1.CCCN(CCC)C(=O)c1cc(C(C)C)cc(OC)n1.CCCN(CCC)C(=O)c1cc(C(C)C)ccn1.CCCN(CCC)C(=O)c1cncc(C(C)C)c1. The second-order valence-corrected chi connectivity index (χ2v) is 20.5. The van der Waals surface area contributed by atoms with Crippen molar-refractivity contribution in [3.8, 4) is 5.88 Å². The van der Waals surface area contributed by atoms with Crippen LogP contribution in [0.15, 0.2) is 61.1 Å². The van der Waals surface area contributed by atoms with E-state index in [0.717, 1.165) is 121 Å². The number of ether oxygens (including phenoxy) is 1. The molecule has 4 aromatic heterocycles. The van der Waals surface area contributed by atoms with Gasteiger partial charge in [0.05, 0.1) is 12.7 Å². The first-order chi connectivity index (χ1) is 35.7. The molecule has 0 aromatic carbocycles. The highest BCUT2D eigenvalue weighted by molar-refractivity contribution is 5.94. The molecule has 0 spiro atoms. The van der Waals surface area contributed by atoms with Gasteiger partial charge in [-0.1, -0.05) is 111 Å². The number of hydrogen-bond acceptors (Lipinski definition) is 9. The topological polar surface area (TPSA) is 142 Å². The highest BCUT2D eigenvalue weighted by Crippen LogP contribution is 2.22. The Hall–Kier alpha value is -5.72. The summed E-state index contributed by atoms with van der Waals surface area (Å²) in [7, 11) is 1.58. The normalized spacial score (nSPS) is 10.7. The van der Waals surface area contributed by atoms with Gasteiger partial charge in [-0.25, -0.2) is 9.97 Å².